The Balaban J connectivity index is 0.000000606. The molecular weight excluding hydrogens is 198 g/mol. The van der Waals surface area contributed by atoms with Crippen LogP contribution in [0, 0.1) is 6.92 Å². The van der Waals surface area contributed by atoms with Crippen LogP contribution in [0.1, 0.15) is 26.5 Å². The third-order valence-corrected chi connectivity index (χ3v) is 2.73. The van der Waals surface area contributed by atoms with Crippen molar-refractivity contribution in [3.8, 4) is 0 Å². The van der Waals surface area contributed by atoms with Crippen LogP contribution < -0.4 is 10.2 Å². The average molecular weight is 221 g/mol. The summed E-state index contributed by atoms with van der Waals surface area (Å²) < 4.78 is 0. The third-order valence-electron chi connectivity index (χ3n) is 2.73. The third kappa shape index (κ3) is 3.20. The molecule has 1 aromatic heterocycles. The van der Waals surface area contributed by atoms with Gasteiger partial charge in [0, 0.05) is 31.4 Å². The van der Waals surface area contributed by atoms with E-state index in [0.717, 1.165) is 25.3 Å². The predicted octanol–water partition coefficient (Wildman–Crippen LogP) is 2.21. The lowest BCUT2D eigenvalue weighted by molar-refractivity contribution is 0.500. The molecule has 0 saturated carbocycles. The Bertz CT molecular complexity index is 295. The lowest BCUT2D eigenvalue weighted by atomic mass is 10.2. The SMILES string of the molecule is CC.Cc1ccc(N2CCNCC2C)cn1. The van der Waals surface area contributed by atoms with Crippen LogP contribution in [0.2, 0.25) is 0 Å². The molecule has 16 heavy (non-hydrogen) atoms. The van der Waals surface area contributed by atoms with Crippen LogP contribution in [0.4, 0.5) is 5.69 Å². The minimum atomic E-state index is 0.563. The summed E-state index contributed by atoms with van der Waals surface area (Å²) >= 11 is 0. The molecule has 3 heteroatoms. The molecule has 1 aromatic rings. The highest BCUT2D eigenvalue weighted by Gasteiger charge is 2.17. The van der Waals surface area contributed by atoms with Gasteiger partial charge in [-0.2, -0.15) is 0 Å². The molecule has 1 atom stereocenters. The second-order valence-corrected chi connectivity index (χ2v) is 3.90. The summed E-state index contributed by atoms with van der Waals surface area (Å²) in [7, 11) is 0. The fourth-order valence-electron chi connectivity index (χ4n) is 1.85. The lowest BCUT2D eigenvalue weighted by Gasteiger charge is -2.35. The lowest BCUT2D eigenvalue weighted by Crippen LogP contribution is -2.49. The zero-order valence-corrected chi connectivity index (χ0v) is 10.8. The quantitative estimate of drug-likeness (QED) is 0.788. The summed E-state index contributed by atoms with van der Waals surface area (Å²) in [5.41, 5.74) is 2.32. The number of hydrogen-bond acceptors (Lipinski definition) is 3. The van der Waals surface area contributed by atoms with E-state index in [9.17, 15) is 0 Å². The molecule has 1 fully saturated rings. The van der Waals surface area contributed by atoms with E-state index < -0.39 is 0 Å². The van der Waals surface area contributed by atoms with Gasteiger partial charge in [0.1, 0.15) is 0 Å². The molecule has 0 radical (unpaired) electrons. The summed E-state index contributed by atoms with van der Waals surface area (Å²) in [5.74, 6) is 0. The Morgan fingerprint density at radius 1 is 1.38 bits per heavy atom. The summed E-state index contributed by atoms with van der Waals surface area (Å²) in [6.45, 7) is 11.5. The highest BCUT2D eigenvalue weighted by molar-refractivity contribution is 5.46. The zero-order chi connectivity index (χ0) is 12.0. The number of nitrogens with one attached hydrogen (secondary N) is 1. The Kier molecular flexibility index (Phi) is 5.26. The summed E-state index contributed by atoms with van der Waals surface area (Å²) in [4.78, 5) is 6.73. The maximum Gasteiger partial charge on any atom is 0.0556 e. The molecule has 90 valence electrons. The van der Waals surface area contributed by atoms with Gasteiger partial charge in [0.05, 0.1) is 11.9 Å². The van der Waals surface area contributed by atoms with Gasteiger partial charge in [0.2, 0.25) is 0 Å². The molecule has 1 aliphatic rings. The largest absolute Gasteiger partial charge is 0.365 e. The van der Waals surface area contributed by atoms with Crippen LogP contribution in [0.3, 0.4) is 0 Å². The first kappa shape index (κ1) is 13.0. The van der Waals surface area contributed by atoms with E-state index in [1.165, 1.54) is 5.69 Å². The van der Waals surface area contributed by atoms with Crippen molar-refractivity contribution < 1.29 is 0 Å². The summed E-state index contributed by atoms with van der Waals surface area (Å²) in [6.07, 6.45) is 1.97. The van der Waals surface area contributed by atoms with Crippen LogP contribution in [-0.4, -0.2) is 30.7 Å². The van der Waals surface area contributed by atoms with Gasteiger partial charge in [0.15, 0.2) is 0 Å². The number of anilines is 1. The van der Waals surface area contributed by atoms with Crippen LogP contribution in [0.15, 0.2) is 18.3 Å². The van der Waals surface area contributed by atoms with E-state index in [1.807, 2.05) is 27.0 Å². The monoisotopic (exact) mass is 221 g/mol. The number of rotatable bonds is 1. The van der Waals surface area contributed by atoms with E-state index in [2.05, 4.69) is 34.3 Å². The first-order valence-corrected chi connectivity index (χ1v) is 6.17. The number of piperazine rings is 1. The van der Waals surface area contributed by atoms with Crippen molar-refractivity contribution in [2.24, 2.45) is 0 Å². The fraction of sp³-hybridized carbons (Fsp3) is 0.615. The highest BCUT2D eigenvalue weighted by atomic mass is 15.2. The fourth-order valence-corrected chi connectivity index (χ4v) is 1.85. The van der Waals surface area contributed by atoms with Gasteiger partial charge in [-0.05, 0) is 26.0 Å². The number of aromatic nitrogens is 1. The molecule has 0 amide bonds. The topological polar surface area (TPSA) is 28.2 Å². The zero-order valence-electron chi connectivity index (χ0n) is 10.8. The maximum absolute atomic E-state index is 4.33. The minimum Gasteiger partial charge on any atom is -0.365 e. The number of nitrogens with zero attached hydrogens (tertiary/aromatic N) is 2. The molecule has 2 rings (SSSR count). The Hall–Kier alpha value is -1.09. The van der Waals surface area contributed by atoms with Gasteiger partial charge >= 0.3 is 0 Å². The van der Waals surface area contributed by atoms with Crippen molar-refractivity contribution in [3.05, 3.63) is 24.0 Å². The second-order valence-electron chi connectivity index (χ2n) is 3.90. The smallest absolute Gasteiger partial charge is 0.0556 e. The van der Waals surface area contributed by atoms with Crippen LogP contribution in [-0.2, 0) is 0 Å². The predicted molar refractivity (Wildman–Crippen MR) is 70.0 cm³/mol. The number of hydrogen-bond donors (Lipinski definition) is 1. The molecule has 0 aromatic carbocycles. The van der Waals surface area contributed by atoms with Gasteiger partial charge in [-0.3, -0.25) is 4.98 Å². The van der Waals surface area contributed by atoms with Gasteiger partial charge in [-0.15, -0.1) is 0 Å². The summed E-state index contributed by atoms with van der Waals surface area (Å²) in [5, 5.41) is 3.38. The molecule has 0 aliphatic carbocycles. The van der Waals surface area contributed by atoms with Gasteiger partial charge < -0.3 is 10.2 Å². The van der Waals surface area contributed by atoms with Crippen molar-refractivity contribution in [2.45, 2.75) is 33.7 Å². The van der Waals surface area contributed by atoms with Gasteiger partial charge in [-0.1, -0.05) is 13.8 Å². The molecule has 0 bridgehead atoms. The molecule has 1 N–H and O–H groups in total. The van der Waals surface area contributed by atoms with Gasteiger partial charge in [-0.25, -0.2) is 0 Å². The Morgan fingerprint density at radius 3 is 2.69 bits per heavy atom. The Labute approximate surface area is 98.9 Å². The summed E-state index contributed by atoms with van der Waals surface area (Å²) in [6, 6.07) is 4.79. The van der Waals surface area contributed by atoms with Crippen molar-refractivity contribution in [2.75, 3.05) is 24.5 Å². The second kappa shape index (κ2) is 6.48. The van der Waals surface area contributed by atoms with Crippen molar-refractivity contribution in [3.63, 3.8) is 0 Å². The van der Waals surface area contributed by atoms with Gasteiger partial charge in [0.25, 0.3) is 0 Å². The maximum atomic E-state index is 4.33. The first-order chi connectivity index (χ1) is 7.77. The molecule has 0 spiro atoms. The van der Waals surface area contributed by atoms with Crippen LogP contribution >= 0.6 is 0 Å². The molecular formula is C13H23N3. The van der Waals surface area contributed by atoms with E-state index in [1.54, 1.807) is 0 Å². The van der Waals surface area contributed by atoms with E-state index >= 15 is 0 Å². The molecule has 3 nitrogen and oxygen atoms in total. The molecule has 2 heterocycles. The first-order valence-electron chi connectivity index (χ1n) is 6.17. The minimum absolute atomic E-state index is 0.563. The molecule has 1 aliphatic heterocycles. The standard InChI is InChI=1S/C11H17N3.C2H6/c1-9-3-4-11(8-13-9)14-6-5-12-7-10(14)2;1-2/h3-4,8,10,12H,5-7H2,1-2H3;1-2H3. The van der Waals surface area contributed by atoms with E-state index in [-0.39, 0.29) is 0 Å². The van der Waals surface area contributed by atoms with E-state index in [0.29, 0.717) is 6.04 Å². The number of aryl methyl sites for hydroxylation is 1. The Morgan fingerprint density at radius 2 is 2.12 bits per heavy atom. The van der Waals surface area contributed by atoms with Crippen LogP contribution in [0.25, 0.3) is 0 Å². The number of pyridine rings is 1. The van der Waals surface area contributed by atoms with Crippen LogP contribution in [0.5, 0.6) is 0 Å². The van der Waals surface area contributed by atoms with Crippen molar-refractivity contribution in [1.29, 1.82) is 0 Å². The average Bonchev–Trinajstić information content (AvgIpc) is 2.34. The molecule has 1 unspecified atom stereocenters. The highest BCUT2D eigenvalue weighted by Crippen LogP contribution is 2.16. The normalized spacial score (nSPS) is 20.0. The van der Waals surface area contributed by atoms with E-state index in [4.69, 9.17) is 0 Å². The van der Waals surface area contributed by atoms with Crippen molar-refractivity contribution in [1.82, 2.24) is 10.3 Å². The van der Waals surface area contributed by atoms with Crippen molar-refractivity contribution >= 4 is 5.69 Å². The molecule has 1 saturated heterocycles.